The molecule has 1 fully saturated rings. The summed E-state index contributed by atoms with van der Waals surface area (Å²) in [4.78, 5) is 36.9. The minimum atomic E-state index is -0.507. The van der Waals surface area contributed by atoms with Crippen molar-refractivity contribution >= 4 is 40.7 Å². The van der Waals surface area contributed by atoms with E-state index in [1.54, 1.807) is 24.3 Å². The van der Waals surface area contributed by atoms with Gasteiger partial charge in [-0.2, -0.15) is 0 Å². The van der Waals surface area contributed by atoms with E-state index in [4.69, 9.17) is 21.1 Å². The van der Waals surface area contributed by atoms with Crippen molar-refractivity contribution in [2.24, 2.45) is 0 Å². The van der Waals surface area contributed by atoms with Gasteiger partial charge in [-0.15, -0.1) is 0 Å². The molecule has 164 valence electrons. The highest BCUT2D eigenvalue weighted by Crippen LogP contribution is 2.32. The number of nitrogens with one attached hydrogen (secondary N) is 3. The summed E-state index contributed by atoms with van der Waals surface area (Å²) in [5.74, 6) is -0.889. The molecule has 1 saturated heterocycles. The van der Waals surface area contributed by atoms with Gasteiger partial charge in [0.05, 0.1) is 40.7 Å². The van der Waals surface area contributed by atoms with Crippen molar-refractivity contribution in [1.29, 1.82) is 0 Å². The zero-order chi connectivity index (χ0) is 22.4. The number of carbonyl (C=O) groups excluding carboxylic acids is 3. The monoisotopic (exact) mass is 445 g/mol. The average Bonchev–Trinajstić information content (AvgIpc) is 3.27. The van der Waals surface area contributed by atoms with E-state index in [2.05, 4.69) is 16.0 Å². The summed E-state index contributed by atoms with van der Waals surface area (Å²) < 4.78 is 10.8. The number of carbonyl (C=O) groups is 3. The van der Waals surface area contributed by atoms with Crippen molar-refractivity contribution in [3.8, 4) is 5.75 Å². The van der Waals surface area contributed by atoms with Gasteiger partial charge in [0.2, 0.25) is 5.91 Å². The molecule has 2 aromatic rings. The molecule has 1 aliphatic rings. The largest absolute Gasteiger partial charge is 0.496 e. The van der Waals surface area contributed by atoms with Crippen LogP contribution in [0.3, 0.4) is 0 Å². The zero-order valence-electron chi connectivity index (χ0n) is 17.3. The summed E-state index contributed by atoms with van der Waals surface area (Å²) in [5, 5.41) is 8.35. The van der Waals surface area contributed by atoms with Crippen molar-refractivity contribution in [3.05, 3.63) is 52.5 Å². The molecule has 3 rings (SSSR count). The minimum Gasteiger partial charge on any atom is -0.496 e. The number of methoxy groups -OCH3 is 1. The van der Waals surface area contributed by atoms with Crippen molar-refractivity contribution in [2.75, 3.05) is 30.9 Å². The third-order valence-electron chi connectivity index (χ3n) is 4.78. The number of hydrogen-bond donors (Lipinski definition) is 3. The molecule has 0 aromatic heterocycles. The Kier molecular flexibility index (Phi) is 7.49. The lowest BCUT2D eigenvalue weighted by Crippen LogP contribution is -2.32. The van der Waals surface area contributed by atoms with Crippen LogP contribution in [0.4, 0.5) is 11.4 Å². The molecule has 0 saturated carbocycles. The molecular weight excluding hydrogens is 422 g/mol. The van der Waals surface area contributed by atoms with Crippen LogP contribution in [0, 0.1) is 0 Å². The molecule has 9 heteroatoms. The Morgan fingerprint density at radius 2 is 1.87 bits per heavy atom. The normalized spacial score (nSPS) is 15.3. The molecule has 0 spiro atoms. The summed E-state index contributed by atoms with van der Waals surface area (Å²) in [6, 6.07) is 9.58. The van der Waals surface area contributed by atoms with E-state index in [-0.39, 0.29) is 34.3 Å². The molecule has 1 unspecified atom stereocenters. The first-order valence-corrected chi connectivity index (χ1v) is 10.2. The van der Waals surface area contributed by atoms with Crippen LogP contribution in [0.15, 0.2) is 36.4 Å². The maximum Gasteiger partial charge on any atom is 0.259 e. The molecule has 3 amide bonds. The van der Waals surface area contributed by atoms with E-state index < -0.39 is 5.91 Å². The Labute approximate surface area is 185 Å². The number of halogens is 1. The average molecular weight is 446 g/mol. The van der Waals surface area contributed by atoms with E-state index >= 15 is 0 Å². The number of amides is 3. The summed E-state index contributed by atoms with van der Waals surface area (Å²) in [6.07, 6.45) is 1.91. The van der Waals surface area contributed by atoms with Crippen LogP contribution in [-0.4, -0.2) is 44.1 Å². The molecule has 1 atom stereocenters. The highest BCUT2D eigenvalue weighted by Gasteiger charge is 2.21. The van der Waals surface area contributed by atoms with Gasteiger partial charge in [-0.05, 0) is 31.0 Å². The number of hydrogen-bond acceptors (Lipinski definition) is 5. The zero-order valence-corrected chi connectivity index (χ0v) is 18.0. The van der Waals surface area contributed by atoms with Gasteiger partial charge in [0.15, 0.2) is 0 Å². The van der Waals surface area contributed by atoms with Crippen LogP contribution in [-0.2, 0) is 9.53 Å². The lowest BCUT2D eigenvalue weighted by molar-refractivity contribution is -0.114. The van der Waals surface area contributed by atoms with Crippen LogP contribution in [0.2, 0.25) is 5.02 Å². The molecule has 0 radical (unpaired) electrons. The summed E-state index contributed by atoms with van der Waals surface area (Å²) in [6.45, 7) is 2.47. The Hall–Kier alpha value is -3.10. The first-order chi connectivity index (χ1) is 14.9. The molecule has 0 bridgehead atoms. The quantitative estimate of drug-likeness (QED) is 0.605. The van der Waals surface area contributed by atoms with E-state index in [9.17, 15) is 14.4 Å². The predicted octanol–water partition coefficient (Wildman–Crippen LogP) is 3.47. The molecule has 8 nitrogen and oxygen atoms in total. The Bertz CT molecular complexity index is 989. The van der Waals surface area contributed by atoms with Crippen LogP contribution >= 0.6 is 11.6 Å². The molecule has 1 aliphatic heterocycles. The second-order valence-electron chi connectivity index (χ2n) is 7.06. The third kappa shape index (κ3) is 5.74. The van der Waals surface area contributed by atoms with Gasteiger partial charge in [0.25, 0.3) is 11.8 Å². The van der Waals surface area contributed by atoms with Crippen molar-refractivity contribution in [3.63, 3.8) is 0 Å². The fourth-order valence-electron chi connectivity index (χ4n) is 3.27. The van der Waals surface area contributed by atoms with Gasteiger partial charge in [0.1, 0.15) is 5.75 Å². The molecule has 1 heterocycles. The standard InChI is InChI=1S/C22H24ClN3O5/c1-13(27)25-19-11-20(30-2)16(10-17(19)23)22(29)26-18-8-4-3-7-15(18)21(28)24-12-14-6-5-9-31-14/h3-4,7-8,10-11,14H,5-6,9,12H2,1-2H3,(H,24,28)(H,25,27)(H,26,29). The Morgan fingerprint density at radius 1 is 1.10 bits per heavy atom. The van der Waals surface area contributed by atoms with Crippen LogP contribution in [0.25, 0.3) is 0 Å². The number of rotatable bonds is 7. The fourth-order valence-corrected chi connectivity index (χ4v) is 3.48. The number of anilines is 2. The van der Waals surface area contributed by atoms with Gasteiger partial charge in [-0.25, -0.2) is 0 Å². The first kappa shape index (κ1) is 22.6. The van der Waals surface area contributed by atoms with Gasteiger partial charge < -0.3 is 25.4 Å². The highest BCUT2D eigenvalue weighted by molar-refractivity contribution is 6.34. The maximum atomic E-state index is 12.9. The second kappa shape index (κ2) is 10.3. The molecule has 3 N–H and O–H groups in total. The van der Waals surface area contributed by atoms with E-state index in [0.29, 0.717) is 30.1 Å². The molecule has 0 aliphatic carbocycles. The smallest absolute Gasteiger partial charge is 0.259 e. The maximum absolute atomic E-state index is 12.9. The van der Waals surface area contributed by atoms with Gasteiger partial charge in [0, 0.05) is 26.1 Å². The van der Waals surface area contributed by atoms with Gasteiger partial charge in [-0.1, -0.05) is 23.7 Å². The van der Waals surface area contributed by atoms with Crippen LogP contribution < -0.4 is 20.7 Å². The predicted molar refractivity (Wildman–Crippen MR) is 118 cm³/mol. The summed E-state index contributed by atoms with van der Waals surface area (Å²) in [7, 11) is 1.41. The summed E-state index contributed by atoms with van der Waals surface area (Å²) >= 11 is 6.21. The number of para-hydroxylation sites is 1. The van der Waals surface area contributed by atoms with Crippen molar-refractivity contribution in [1.82, 2.24) is 5.32 Å². The van der Waals surface area contributed by atoms with Crippen molar-refractivity contribution in [2.45, 2.75) is 25.9 Å². The van der Waals surface area contributed by atoms with Crippen LogP contribution in [0.5, 0.6) is 5.75 Å². The van der Waals surface area contributed by atoms with E-state index in [0.717, 1.165) is 12.8 Å². The topological polar surface area (TPSA) is 106 Å². The second-order valence-corrected chi connectivity index (χ2v) is 7.47. The van der Waals surface area contributed by atoms with Gasteiger partial charge in [-0.3, -0.25) is 14.4 Å². The number of ether oxygens (including phenoxy) is 2. The molecule has 2 aromatic carbocycles. The Morgan fingerprint density at radius 3 is 2.55 bits per heavy atom. The molecular formula is C22H24ClN3O5. The highest BCUT2D eigenvalue weighted by atomic mass is 35.5. The van der Waals surface area contributed by atoms with E-state index in [1.807, 2.05) is 0 Å². The third-order valence-corrected chi connectivity index (χ3v) is 5.09. The lowest BCUT2D eigenvalue weighted by Gasteiger charge is -2.15. The number of benzene rings is 2. The first-order valence-electron chi connectivity index (χ1n) is 9.84. The van der Waals surface area contributed by atoms with Gasteiger partial charge >= 0.3 is 0 Å². The lowest BCUT2D eigenvalue weighted by atomic mass is 10.1. The minimum absolute atomic E-state index is 0.0132. The SMILES string of the molecule is COc1cc(NC(C)=O)c(Cl)cc1C(=O)Nc1ccccc1C(=O)NCC1CCCO1. The fraction of sp³-hybridized carbons (Fsp3) is 0.318. The van der Waals surface area contributed by atoms with Crippen molar-refractivity contribution < 1.29 is 23.9 Å². The summed E-state index contributed by atoms with van der Waals surface area (Å²) in [5.41, 5.74) is 1.17. The molecule has 31 heavy (non-hydrogen) atoms. The van der Waals surface area contributed by atoms with Crippen LogP contribution in [0.1, 0.15) is 40.5 Å². The Balaban J connectivity index is 1.78. The van der Waals surface area contributed by atoms with E-state index in [1.165, 1.54) is 26.2 Å².